The number of thiol groups is 1. The van der Waals surface area contributed by atoms with Gasteiger partial charge in [-0.25, -0.2) is 0 Å². The highest BCUT2D eigenvalue weighted by Gasteiger charge is 1.77. The van der Waals surface area contributed by atoms with Gasteiger partial charge in [-0.2, -0.15) is 12.6 Å². The molecule has 3 heteroatoms. The van der Waals surface area contributed by atoms with E-state index in [4.69, 9.17) is 0 Å². The van der Waals surface area contributed by atoms with E-state index >= 15 is 0 Å². The van der Waals surface area contributed by atoms with Gasteiger partial charge in [-0.3, -0.25) is 4.99 Å². The van der Waals surface area contributed by atoms with Crippen LogP contribution in [0.2, 0.25) is 0 Å². The first-order chi connectivity index (χ1) is 5.72. The fraction of sp³-hybridized carbons (Fsp3) is 0.667. The minimum absolute atomic E-state index is 1.01. The van der Waals surface area contributed by atoms with Crippen LogP contribution >= 0.6 is 12.6 Å². The van der Waals surface area contributed by atoms with Gasteiger partial charge in [0.2, 0.25) is 0 Å². The minimum Gasteiger partial charge on any atom is -0.379 e. The quantitative estimate of drug-likeness (QED) is 0.529. The Bertz CT molecular complexity index is 111. The molecule has 0 bridgehead atoms. The highest BCUT2D eigenvalue weighted by molar-refractivity contribution is 7.80. The van der Waals surface area contributed by atoms with Crippen LogP contribution in [0.15, 0.2) is 17.4 Å². The maximum atomic E-state index is 3.92. The SMILES string of the molecule is C=N/C=C\N(C)CC.CCCS. The lowest BCUT2D eigenvalue weighted by atomic mass is 10.6. The van der Waals surface area contributed by atoms with E-state index in [9.17, 15) is 0 Å². The van der Waals surface area contributed by atoms with Gasteiger partial charge in [0, 0.05) is 26.0 Å². The lowest BCUT2D eigenvalue weighted by Crippen LogP contribution is -2.07. The maximum Gasteiger partial charge on any atom is 0.0419 e. The van der Waals surface area contributed by atoms with Crippen molar-refractivity contribution in [3.05, 3.63) is 12.4 Å². The monoisotopic (exact) mass is 188 g/mol. The molecule has 2 nitrogen and oxygen atoms in total. The Kier molecular flexibility index (Phi) is 15.5. The average Bonchev–Trinajstić information content (AvgIpc) is 2.14. The van der Waals surface area contributed by atoms with E-state index in [2.05, 4.69) is 38.2 Å². The van der Waals surface area contributed by atoms with Gasteiger partial charge in [0.15, 0.2) is 0 Å². The van der Waals surface area contributed by atoms with Gasteiger partial charge in [0.25, 0.3) is 0 Å². The van der Waals surface area contributed by atoms with Gasteiger partial charge in [-0.15, -0.1) is 0 Å². The molecular weight excluding hydrogens is 168 g/mol. The molecule has 0 aliphatic rings. The molecule has 0 aliphatic carbocycles. The summed E-state index contributed by atoms with van der Waals surface area (Å²) in [5.41, 5.74) is 0. The van der Waals surface area contributed by atoms with Crippen LogP contribution in [0, 0.1) is 0 Å². The van der Waals surface area contributed by atoms with Crippen molar-refractivity contribution in [2.45, 2.75) is 20.3 Å². The number of nitrogens with zero attached hydrogens (tertiary/aromatic N) is 2. The standard InChI is InChI=1S/C6H12N2.C3H8S/c1-4-8(3)6-5-7-2;1-2-3-4/h5-6H,2,4H2,1,3H3;4H,2-3H2,1H3/b6-5-;. The van der Waals surface area contributed by atoms with Gasteiger partial charge >= 0.3 is 0 Å². The van der Waals surface area contributed by atoms with Crippen molar-refractivity contribution in [1.29, 1.82) is 0 Å². The van der Waals surface area contributed by atoms with Crippen LogP contribution in [0.25, 0.3) is 0 Å². The van der Waals surface area contributed by atoms with Crippen molar-refractivity contribution in [2.75, 3.05) is 19.3 Å². The largest absolute Gasteiger partial charge is 0.379 e. The van der Waals surface area contributed by atoms with E-state index in [0.717, 1.165) is 12.3 Å². The molecule has 0 radical (unpaired) electrons. The van der Waals surface area contributed by atoms with Crippen LogP contribution in [0.5, 0.6) is 0 Å². The Balaban J connectivity index is 0. The highest BCUT2D eigenvalue weighted by atomic mass is 32.1. The first-order valence-electron chi connectivity index (χ1n) is 4.16. The molecule has 72 valence electrons. The molecule has 12 heavy (non-hydrogen) atoms. The summed E-state index contributed by atoms with van der Waals surface area (Å²) in [4.78, 5) is 5.57. The summed E-state index contributed by atoms with van der Waals surface area (Å²) in [6.45, 7) is 8.49. The van der Waals surface area contributed by atoms with E-state index < -0.39 is 0 Å². The molecule has 0 spiro atoms. The predicted octanol–water partition coefficient (Wildman–Crippen LogP) is 2.44. The zero-order valence-electron chi connectivity index (χ0n) is 8.32. The van der Waals surface area contributed by atoms with Crippen LogP contribution in [-0.2, 0) is 0 Å². The van der Waals surface area contributed by atoms with Crippen molar-refractivity contribution in [2.24, 2.45) is 4.99 Å². The third-order valence-electron chi connectivity index (χ3n) is 1.15. The minimum atomic E-state index is 1.01. The van der Waals surface area contributed by atoms with Crippen molar-refractivity contribution in [3.63, 3.8) is 0 Å². The normalized spacial score (nSPS) is 9.00. The Hall–Kier alpha value is -0.440. The molecule has 0 fully saturated rings. The molecule has 0 heterocycles. The molecule has 0 N–H and O–H groups in total. The van der Waals surface area contributed by atoms with Crippen LogP contribution in [0.4, 0.5) is 0 Å². The van der Waals surface area contributed by atoms with Crippen LogP contribution in [0.1, 0.15) is 20.3 Å². The average molecular weight is 188 g/mol. The van der Waals surface area contributed by atoms with Gasteiger partial charge in [-0.1, -0.05) is 6.92 Å². The summed E-state index contributed by atoms with van der Waals surface area (Å²) >= 11 is 3.92. The molecular formula is C9H20N2S. The molecule has 0 aromatic heterocycles. The fourth-order valence-corrected chi connectivity index (χ4v) is 0.266. The van der Waals surface area contributed by atoms with Crippen molar-refractivity contribution < 1.29 is 0 Å². The summed E-state index contributed by atoms with van der Waals surface area (Å²) in [6, 6.07) is 0. The molecule has 0 aromatic rings. The number of rotatable bonds is 4. The Morgan fingerprint density at radius 3 is 2.25 bits per heavy atom. The highest BCUT2D eigenvalue weighted by Crippen LogP contribution is 1.81. The first kappa shape index (κ1) is 14.1. The third kappa shape index (κ3) is 16.3. The molecule has 0 unspecified atom stereocenters. The lowest BCUT2D eigenvalue weighted by Gasteiger charge is -2.07. The molecule has 0 saturated carbocycles. The Morgan fingerprint density at radius 2 is 2.00 bits per heavy atom. The predicted molar refractivity (Wildman–Crippen MR) is 61.1 cm³/mol. The van der Waals surface area contributed by atoms with Crippen molar-refractivity contribution in [1.82, 2.24) is 4.90 Å². The molecule has 0 saturated heterocycles. The first-order valence-corrected chi connectivity index (χ1v) is 4.79. The molecule has 0 rings (SSSR count). The third-order valence-corrected chi connectivity index (χ3v) is 1.60. The van der Waals surface area contributed by atoms with E-state index in [1.165, 1.54) is 6.42 Å². The van der Waals surface area contributed by atoms with E-state index in [1.807, 2.05) is 18.1 Å². The van der Waals surface area contributed by atoms with Crippen molar-refractivity contribution in [3.8, 4) is 0 Å². The molecule has 0 amide bonds. The van der Waals surface area contributed by atoms with Crippen LogP contribution in [0.3, 0.4) is 0 Å². The zero-order chi connectivity index (χ0) is 9.82. The fourth-order valence-electron chi connectivity index (χ4n) is 0.266. The zero-order valence-corrected chi connectivity index (χ0v) is 9.22. The second-order valence-electron chi connectivity index (χ2n) is 2.28. The topological polar surface area (TPSA) is 15.6 Å². The number of hydrogen-bond acceptors (Lipinski definition) is 3. The van der Waals surface area contributed by atoms with E-state index in [-0.39, 0.29) is 0 Å². The number of hydrogen-bond donors (Lipinski definition) is 1. The smallest absolute Gasteiger partial charge is 0.0419 e. The molecule has 0 aromatic carbocycles. The van der Waals surface area contributed by atoms with E-state index in [0.29, 0.717) is 0 Å². The van der Waals surface area contributed by atoms with Crippen LogP contribution < -0.4 is 0 Å². The van der Waals surface area contributed by atoms with Gasteiger partial charge in [0.1, 0.15) is 0 Å². The lowest BCUT2D eigenvalue weighted by molar-refractivity contribution is 0.483. The summed E-state index contributed by atoms with van der Waals surface area (Å²) in [7, 11) is 1.99. The van der Waals surface area contributed by atoms with Gasteiger partial charge in [-0.05, 0) is 25.8 Å². The van der Waals surface area contributed by atoms with Gasteiger partial charge in [0.05, 0.1) is 0 Å². The Morgan fingerprint density at radius 1 is 1.50 bits per heavy atom. The summed E-state index contributed by atoms with van der Waals surface area (Å²) < 4.78 is 0. The summed E-state index contributed by atoms with van der Waals surface area (Å²) in [5, 5.41) is 0. The van der Waals surface area contributed by atoms with Crippen LogP contribution in [-0.4, -0.2) is 31.0 Å². The second kappa shape index (κ2) is 13.2. The summed E-state index contributed by atoms with van der Waals surface area (Å²) in [6.07, 6.45) is 4.74. The number of aliphatic imine (C=N–C) groups is 1. The van der Waals surface area contributed by atoms with Crippen molar-refractivity contribution >= 4 is 19.3 Å². The molecule has 0 atom stereocenters. The second-order valence-corrected chi connectivity index (χ2v) is 2.72. The van der Waals surface area contributed by atoms with E-state index in [1.54, 1.807) is 6.20 Å². The Labute approximate surface area is 81.8 Å². The van der Waals surface area contributed by atoms with Gasteiger partial charge < -0.3 is 4.90 Å². The maximum absolute atomic E-state index is 3.92. The molecule has 0 aliphatic heterocycles. The summed E-state index contributed by atoms with van der Waals surface area (Å²) in [5.74, 6) is 1.01.